The summed E-state index contributed by atoms with van der Waals surface area (Å²) in [7, 11) is 1.61. The summed E-state index contributed by atoms with van der Waals surface area (Å²) in [5.74, 6) is 1.96. The minimum Gasteiger partial charge on any atom is -0.497 e. The van der Waals surface area contributed by atoms with Crippen LogP contribution < -0.4 is 10.1 Å². The molecule has 2 heterocycles. The van der Waals surface area contributed by atoms with Crippen LogP contribution in [0.5, 0.6) is 5.75 Å². The van der Waals surface area contributed by atoms with E-state index < -0.39 is 0 Å². The van der Waals surface area contributed by atoms with Crippen LogP contribution in [-0.4, -0.2) is 33.5 Å². The van der Waals surface area contributed by atoms with Gasteiger partial charge in [-0.2, -0.15) is 0 Å². The summed E-state index contributed by atoms with van der Waals surface area (Å²) in [6, 6.07) is 16.3. The molecular weight excluding hydrogens is 471 g/mol. The Morgan fingerprint density at radius 1 is 1.16 bits per heavy atom. The molecule has 0 saturated carbocycles. The van der Waals surface area contributed by atoms with Crippen molar-refractivity contribution in [3.05, 3.63) is 76.7 Å². The first-order valence-electron chi connectivity index (χ1n) is 9.52. The smallest absolute Gasteiger partial charge is 0.234 e. The maximum absolute atomic E-state index is 12.5. The van der Waals surface area contributed by atoms with Crippen molar-refractivity contribution in [3.63, 3.8) is 0 Å². The number of anilines is 1. The van der Waals surface area contributed by atoms with Gasteiger partial charge in [0.1, 0.15) is 11.5 Å². The number of carbonyl (C=O) groups excluding carboxylic acids is 1. The molecule has 7 nitrogen and oxygen atoms in total. The van der Waals surface area contributed by atoms with Gasteiger partial charge in [0.15, 0.2) is 11.0 Å². The highest BCUT2D eigenvalue weighted by molar-refractivity contribution is 7.99. The topological polar surface area (TPSA) is 82.2 Å². The molecule has 0 unspecified atom stereocenters. The predicted molar refractivity (Wildman–Crippen MR) is 126 cm³/mol. The molecule has 0 fully saturated rings. The first-order valence-corrected chi connectivity index (χ1v) is 11.3. The molecule has 0 saturated heterocycles. The van der Waals surface area contributed by atoms with Crippen LogP contribution >= 0.6 is 35.0 Å². The Morgan fingerprint density at radius 2 is 2.00 bits per heavy atom. The van der Waals surface area contributed by atoms with Crippen molar-refractivity contribution in [1.82, 2.24) is 14.8 Å². The van der Waals surface area contributed by atoms with Crippen molar-refractivity contribution >= 4 is 46.6 Å². The molecule has 10 heteroatoms. The Bertz CT molecular complexity index is 1230. The van der Waals surface area contributed by atoms with Crippen LogP contribution in [0.15, 0.2) is 70.4 Å². The highest BCUT2D eigenvalue weighted by Crippen LogP contribution is 2.30. The highest BCUT2D eigenvalue weighted by Gasteiger charge is 2.18. The monoisotopic (exact) mass is 488 g/mol. The van der Waals surface area contributed by atoms with Gasteiger partial charge in [0.2, 0.25) is 5.91 Å². The summed E-state index contributed by atoms with van der Waals surface area (Å²) in [5, 5.41) is 12.7. The number of nitrogens with zero attached hydrogens (tertiary/aromatic N) is 3. The number of thioether (sulfide) groups is 1. The van der Waals surface area contributed by atoms with E-state index in [2.05, 4.69) is 15.5 Å². The van der Waals surface area contributed by atoms with Crippen molar-refractivity contribution in [2.45, 2.75) is 11.7 Å². The molecule has 0 atom stereocenters. The van der Waals surface area contributed by atoms with E-state index in [1.54, 1.807) is 31.6 Å². The number of hydrogen-bond acceptors (Lipinski definition) is 6. The average molecular weight is 489 g/mol. The van der Waals surface area contributed by atoms with E-state index in [1.165, 1.54) is 11.8 Å². The fourth-order valence-corrected chi connectivity index (χ4v) is 4.07. The minimum absolute atomic E-state index is 0.108. The summed E-state index contributed by atoms with van der Waals surface area (Å²) in [6.07, 6.45) is 1.61. The molecule has 0 aliphatic rings. The molecular formula is C22H18Cl2N4O3S. The fourth-order valence-electron chi connectivity index (χ4n) is 2.99. The minimum atomic E-state index is -0.241. The van der Waals surface area contributed by atoms with Gasteiger partial charge in [-0.05, 0) is 36.4 Å². The molecule has 0 radical (unpaired) electrons. The van der Waals surface area contributed by atoms with E-state index in [-0.39, 0.29) is 11.7 Å². The van der Waals surface area contributed by atoms with E-state index >= 15 is 0 Å². The average Bonchev–Trinajstić information content (AvgIpc) is 3.46. The number of rotatable bonds is 8. The number of benzene rings is 2. The van der Waals surface area contributed by atoms with Gasteiger partial charge in [0, 0.05) is 5.56 Å². The lowest BCUT2D eigenvalue weighted by Gasteiger charge is -2.10. The van der Waals surface area contributed by atoms with Gasteiger partial charge in [-0.15, -0.1) is 10.2 Å². The largest absolute Gasteiger partial charge is 0.497 e. The molecule has 1 amide bonds. The quantitative estimate of drug-likeness (QED) is 0.323. The van der Waals surface area contributed by atoms with E-state index in [0.29, 0.717) is 39.0 Å². The van der Waals surface area contributed by atoms with E-state index in [9.17, 15) is 4.79 Å². The molecule has 1 N–H and O–H groups in total. The van der Waals surface area contributed by atoms with Crippen LogP contribution in [0, 0.1) is 0 Å². The normalized spacial score (nSPS) is 10.8. The maximum atomic E-state index is 12.5. The Labute approximate surface area is 198 Å². The van der Waals surface area contributed by atoms with Gasteiger partial charge in [0.25, 0.3) is 0 Å². The van der Waals surface area contributed by atoms with E-state index in [4.69, 9.17) is 32.4 Å². The fraction of sp³-hybridized carbons (Fsp3) is 0.136. The Hall–Kier alpha value is -2.94. The zero-order valence-electron chi connectivity index (χ0n) is 16.9. The predicted octanol–water partition coefficient (Wildman–Crippen LogP) is 5.63. The lowest BCUT2D eigenvalue weighted by molar-refractivity contribution is -0.113. The molecule has 0 spiro atoms. The third-order valence-corrected chi connectivity index (χ3v) is 6.28. The highest BCUT2D eigenvalue weighted by atomic mass is 35.5. The second-order valence-electron chi connectivity index (χ2n) is 6.64. The zero-order valence-corrected chi connectivity index (χ0v) is 19.2. The van der Waals surface area contributed by atoms with Crippen LogP contribution in [0.2, 0.25) is 10.0 Å². The van der Waals surface area contributed by atoms with Gasteiger partial charge >= 0.3 is 0 Å². The molecule has 32 heavy (non-hydrogen) atoms. The lowest BCUT2D eigenvalue weighted by atomic mass is 10.2. The van der Waals surface area contributed by atoms with Gasteiger partial charge in [-0.3, -0.25) is 9.36 Å². The maximum Gasteiger partial charge on any atom is 0.234 e. The van der Waals surface area contributed by atoms with E-state index in [1.807, 2.05) is 41.0 Å². The number of nitrogens with one attached hydrogen (secondary N) is 1. The summed E-state index contributed by atoms with van der Waals surface area (Å²) in [6.45, 7) is 0.413. The van der Waals surface area contributed by atoms with Crippen molar-refractivity contribution in [2.24, 2.45) is 0 Å². The summed E-state index contributed by atoms with van der Waals surface area (Å²) < 4.78 is 12.7. The molecule has 0 aliphatic heterocycles. The Balaban J connectivity index is 1.55. The molecule has 2 aromatic heterocycles. The Morgan fingerprint density at radius 3 is 2.78 bits per heavy atom. The van der Waals surface area contributed by atoms with Crippen molar-refractivity contribution < 1.29 is 13.9 Å². The second kappa shape index (κ2) is 10.1. The van der Waals surface area contributed by atoms with E-state index in [0.717, 1.165) is 11.3 Å². The summed E-state index contributed by atoms with van der Waals surface area (Å²) in [4.78, 5) is 12.5. The van der Waals surface area contributed by atoms with Gasteiger partial charge in [-0.25, -0.2) is 0 Å². The molecule has 2 aromatic carbocycles. The molecule has 0 aliphatic carbocycles. The lowest BCUT2D eigenvalue weighted by Crippen LogP contribution is -2.15. The van der Waals surface area contributed by atoms with Crippen LogP contribution in [0.3, 0.4) is 0 Å². The van der Waals surface area contributed by atoms with Crippen molar-refractivity contribution in [1.29, 1.82) is 0 Å². The number of furan rings is 1. The molecule has 0 bridgehead atoms. The van der Waals surface area contributed by atoms with Gasteiger partial charge in [-0.1, -0.05) is 53.2 Å². The second-order valence-corrected chi connectivity index (χ2v) is 8.37. The van der Waals surface area contributed by atoms with Gasteiger partial charge in [0.05, 0.1) is 41.4 Å². The number of amides is 1. The third-order valence-electron chi connectivity index (χ3n) is 4.50. The SMILES string of the molecule is COc1cccc(-c2nnc(SCC(=O)Nc3cccc(Cl)c3Cl)n2Cc2ccco2)c1. The first kappa shape index (κ1) is 22.3. The van der Waals surface area contributed by atoms with Gasteiger partial charge < -0.3 is 14.5 Å². The van der Waals surface area contributed by atoms with Crippen LogP contribution in [-0.2, 0) is 11.3 Å². The Kier molecular flexibility index (Phi) is 7.04. The number of ether oxygens (including phenoxy) is 1. The van der Waals surface area contributed by atoms with Crippen molar-refractivity contribution in [3.8, 4) is 17.1 Å². The molecule has 4 rings (SSSR count). The standard InChI is InChI=1S/C22H18Cl2N4O3S/c1-30-15-6-2-5-14(11-15)21-26-27-22(28(21)12-16-7-4-10-31-16)32-13-19(29)25-18-9-3-8-17(23)20(18)24/h2-11H,12-13H2,1H3,(H,25,29). The van der Waals surface area contributed by atoms with Crippen molar-refractivity contribution in [2.75, 3.05) is 18.2 Å². The van der Waals surface area contributed by atoms with Crippen LogP contribution in [0.25, 0.3) is 11.4 Å². The number of carbonyl (C=O) groups is 1. The number of methoxy groups -OCH3 is 1. The summed E-state index contributed by atoms with van der Waals surface area (Å²) >= 11 is 13.4. The van der Waals surface area contributed by atoms with Crippen LogP contribution in [0.1, 0.15) is 5.76 Å². The number of hydrogen-bond donors (Lipinski definition) is 1. The number of halogens is 2. The first-order chi connectivity index (χ1) is 15.5. The third kappa shape index (κ3) is 5.09. The van der Waals surface area contributed by atoms with Crippen LogP contribution in [0.4, 0.5) is 5.69 Å². The molecule has 164 valence electrons. The number of aromatic nitrogens is 3. The zero-order chi connectivity index (χ0) is 22.5. The molecule has 4 aromatic rings. The summed E-state index contributed by atoms with van der Waals surface area (Å²) in [5.41, 5.74) is 1.30.